The van der Waals surface area contributed by atoms with Gasteiger partial charge in [0.15, 0.2) is 5.84 Å². The summed E-state index contributed by atoms with van der Waals surface area (Å²) in [5, 5.41) is 9.02. The highest BCUT2D eigenvalue weighted by atomic mass is 19.1. The van der Waals surface area contributed by atoms with Crippen molar-refractivity contribution in [3.8, 4) is 11.1 Å². The molecule has 8 heteroatoms. The molecular weight excluding hydrogens is 393 g/mol. The van der Waals surface area contributed by atoms with Gasteiger partial charge in [-0.2, -0.15) is 5.10 Å². The average molecular weight is 420 g/mol. The monoisotopic (exact) mass is 419 g/mol. The van der Waals surface area contributed by atoms with E-state index in [4.69, 9.17) is 11.7 Å². The minimum atomic E-state index is -0.259. The Morgan fingerprint density at radius 3 is 2.65 bits per heavy atom. The number of aromatic nitrogens is 1. The third-order valence-electron chi connectivity index (χ3n) is 6.05. The Morgan fingerprint density at radius 1 is 1.10 bits per heavy atom. The molecule has 2 aliphatic rings. The van der Waals surface area contributed by atoms with Crippen molar-refractivity contribution in [2.24, 2.45) is 16.8 Å². The summed E-state index contributed by atoms with van der Waals surface area (Å²) in [5.41, 5.74) is 5.85. The first-order chi connectivity index (χ1) is 15.0. The van der Waals surface area contributed by atoms with Gasteiger partial charge in [-0.15, -0.1) is 0 Å². The minimum Gasteiger partial charge on any atom is -0.369 e. The van der Waals surface area contributed by atoms with E-state index in [-0.39, 0.29) is 5.82 Å². The van der Waals surface area contributed by atoms with E-state index in [2.05, 4.69) is 38.9 Å². The first-order valence-corrected chi connectivity index (χ1v) is 10.4. The van der Waals surface area contributed by atoms with E-state index in [1.165, 1.54) is 17.8 Å². The van der Waals surface area contributed by atoms with Gasteiger partial charge in [0.25, 0.3) is 0 Å². The first-order valence-electron chi connectivity index (χ1n) is 10.4. The Hall–Kier alpha value is -3.36. The van der Waals surface area contributed by atoms with Crippen LogP contribution in [0.5, 0.6) is 0 Å². The van der Waals surface area contributed by atoms with E-state index in [1.807, 2.05) is 18.3 Å². The minimum absolute atomic E-state index is 0.259. The number of nitrogens with zero attached hydrogens (tertiary/aromatic N) is 4. The third-order valence-corrected chi connectivity index (χ3v) is 6.05. The van der Waals surface area contributed by atoms with Gasteiger partial charge < -0.3 is 20.6 Å². The maximum Gasteiger partial charge on any atom is 0.190 e. The molecule has 7 nitrogen and oxygen atoms in total. The summed E-state index contributed by atoms with van der Waals surface area (Å²) in [6.45, 7) is 5.73. The van der Waals surface area contributed by atoms with Crippen LogP contribution < -0.4 is 26.9 Å². The van der Waals surface area contributed by atoms with Crippen LogP contribution in [-0.4, -0.2) is 36.1 Å². The maximum absolute atomic E-state index is 13.4. The molecule has 0 spiro atoms. The van der Waals surface area contributed by atoms with Crippen LogP contribution in [-0.2, 0) is 6.54 Å². The number of hydrogen-bond donors (Lipinski definition) is 3. The van der Waals surface area contributed by atoms with Crippen molar-refractivity contribution in [1.29, 1.82) is 0 Å². The van der Waals surface area contributed by atoms with Crippen molar-refractivity contribution in [3.63, 3.8) is 0 Å². The zero-order valence-electron chi connectivity index (χ0n) is 17.4. The summed E-state index contributed by atoms with van der Waals surface area (Å²) < 4.78 is 15.5. The number of fused-ring (bicyclic) bond motifs is 2. The van der Waals surface area contributed by atoms with Gasteiger partial charge >= 0.3 is 0 Å². The van der Waals surface area contributed by atoms with E-state index < -0.39 is 0 Å². The fraction of sp³-hybridized carbons (Fsp3) is 0.261. The van der Waals surface area contributed by atoms with E-state index in [9.17, 15) is 4.39 Å². The van der Waals surface area contributed by atoms with Crippen molar-refractivity contribution >= 4 is 17.2 Å². The molecule has 0 radical (unpaired) electrons. The van der Waals surface area contributed by atoms with Crippen LogP contribution in [0.4, 0.5) is 15.8 Å². The highest BCUT2D eigenvalue weighted by molar-refractivity contribution is 6.09. The van der Waals surface area contributed by atoms with Gasteiger partial charge in [-0.3, -0.25) is 5.01 Å². The van der Waals surface area contributed by atoms with Crippen LogP contribution in [0.2, 0.25) is 0 Å². The molecule has 5 rings (SSSR count). The molecular formula is C23H26FN7. The van der Waals surface area contributed by atoms with Gasteiger partial charge in [0, 0.05) is 49.7 Å². The molecule has 31 heavy (non-hydrogen) atoms. The van der Waals surface area contributed by atoms with Crippen molar-refractivity contribution in [1.82, 2.24) is 9.88 Å². The second-order valence-corrected chi connectivity index (χ2v) is 8.19. The summed E-state index contributed by atoms with van der Waals surface area (Å²) in [4.78, 5) is 2.39. The quantitative estimate of drug-likeness (QED) is 0.439. The standard InChI is InChI=1S/C23H26FN7/c1-15-12-29(9-8-27-15)20-6-7-21-18(10-20)14-30-13-17(16-2-4-19(24)5-3-16)11-22(30)23(28-25)31(21)26/h2-7,10-11,13,15,27H,8-9,12,14,25-26H2,1H3/b28-23-. The van der Waals surface area contributed by atoms with E-state index in [0.717, 1.165) is 47.7 Å². The van der Waals surface area contributed by atoms with Gasteiger partial charge in [-0.1, -0.05) is 12.1 Å². The number of piperazine rings is 1. The number of nitrogens with two attached hydrogens (primary N) is 2. The maximum atomic E-state index is 13.4. The zero-order chi connectivity index (χ0) is 21.5. The van der Waals surface area contributed by atoms with Gasteiger partial charge in [-0.25, -0.2) is 10.2 Å². The number of rotatable bonds is 2. The summed E-state index contributed by atoms with van der Waals surface area (Å²) in [7, 11) is 0. The predicted molar refractivity (Wildman–Crippen MR) is 122 cm³/mol. The highest BCUT2D eigenvalue weighted by Crippen LogP contribution is 2.32. The zero-order valence-corrected chi connectivity index (χ0v) is 17.4. The Bertz CT molecular complexity index is 1140. The number of anilines is 2. The average Bonchev–Trinajstić information content (AvgIpc) is 3.13. The third kappa shape index (κ3) is 3.54. The Morgan fingerprint density at radius 2 is 1.90 bits per heavy atom. The smallest absolute Gasteiger partial charge is 0.190 e. The molecule has 160 valence electrons. The number of hydrazine groups is 1. The number of amidine groups is 1. The Kier molecular flexibility index (Phi) is 4.88. The second-order valence-electron chi connectivity index (χ2n) is 8.19. The van der Waals surface area contributed by atoms with Crippen molar-refractivity contribution in [3.05, 3.63) is 71.8 Å². The summed E-state index contributed by atoms with van der Waals surface area (Å²) in [6.07, 6.45) is 2.04. The molecule has 1 saturated heterocycles. The summed E-state index contributed by atoms with van der Waals surface area (Å²) in [6, 6.07) is 15.2. The molecule has 1 atom stereocenters. The molecule has 3 heterocycles. The van der Waals surface area contributed by atoms with Gasteiger partial charge in [0.05, 0.1) is 11.4 Å². The molecule has 1 fully saturated rings. The van der Waals surface area contributed by atoms with Crippen molar-refractivity contribution in [2.75, 3.05) is 29.5 Å². The Labute approximate surface area is 180 Å². The molecule has 0 amide bonds. The van der Waals surface area contributed by atoms with Crippen LogP contribution in [0.3, 0.4) is 0 Å². The predicted octanol–water partition coefficient (Wildman–Crippen LogP) is 2.45. The van der Waals surface area contributed by atoms with Gasteiger partial charge in [0.1, 0.15) is 5.82 Å². The topological polar surface area (TPSA) is 87.8 Å². The van der Waals surface area contributed by atoms with E-state index in [0.29, 0.717) is 18.4 Å². The van der Waals surface area contributed by atoms with Gasteiger partial charge in [0.2, 0.25) is 0 Å². The van der Waals surface area contributed by atoms with Gasteiger partial charge in [-0.05, 0) is 54.4 Å². The molecule has 2 aliphatic heterocycles. The SMILES string of the molecule is CC1CN(c2ccc3c(c2)Cn2cc(-c4ccc(F)cc4)cc2/C(=N/N)N3N)CCN1. The van der Waals surface area contributed by atoms with Crippen LogP contribution in [0, 0.1) is 5.82 Å². The number of benzene rings is 2. The summed E-state index contributed by atoms with van der Waals surface area (Å²) in [5.74, 6) is 12.4. The molecule has 2 aromatic carbocycles. The second kappa shape index (κ2) is 7.72. The molecule has 5 N–H and O–H groups in total. The number of nitrogens with one attached hydrogen (secondary N) is 1. The first kappa shape index (κ1) is 19.6. The Balaban J connectivity index is 1.56. The largest absolute Gasteiger partial charge is 0.369 e. The van der Waals surface area contributed by atoms with E-state index >= 15 is 0 Å². The number of hydrazone groups is 1. The fourth-order valence-electron chi connectivity index (χ4n) is 4.48. The lowest BCUT2D eigenvalue weighted by molar-refractivity contribution is 0.485. The molecule has 1 aromatic heterocycles. The number of halogens is 1. The molecule has 0 aliphatic carbocycles. The highest BCUT2D eigenvalue weighted by Gasteiger charge is 2.26. The summed E-state index contributed by atoms with van der Waals surface area (Å²) >= 11 is 0. The lowest BCUT2D eigenvalue weighted by atomic mass is 10.1. The molecule has 3 aromatic rings. The van der Waals surface area contributed by atoms with Crippen molar-refractivity contribution < 1.29 is 4.39 Å². The lowest BCUT2D eigenvalue weighted by Gasteiger charge is -2.34. The van der Waals surface area contributed by atoms with Crippen LogP contribution in [0.1, 0.15) is 18.2 Å². The normalized spacial score (nSPS) is 19.8. The van der Waals surface area contributed by atoms with Crippen molar-refractivity contribution in [2.45, 2.75) is 19.5 Å². The molecule has 1 unspecified atom stereocenters. The molecule has 0 bridgehead atoms. The van der Waals surface area contributed by atoms with E-state index in [1.54, 1.807) is 17.1 Å². The van der Waals surface area contributed by atoms with Crippen LogP contribution in [0.15, 0.2) is 59.8 Å². The number of hydrogen-bond acceptors (Lipinski definition) is 5. The lowest BCUT2D eigenvalue weighted by Crippen LogP contribution is -2.49. The van der Waals surface area contributed by atoms with Crippen LogP contribution >= 0.6 is 0 Å². The molecule has 0 saturated carbocycles. The van der Waals surface area contributed by atoms with Crippen LogP contribution in [0.25, 0.3) is 11.1 Å². The fourth-order valence-corrected chi connectivity index (χ4v) is 4.48.